The van der Waals surface area contributed by atoms with Crippen molar-refractivity contribution in [2.45, 2.75) is 90.6 Å². The Morgan fingerprint density at radius 2 is 2.04 bits per heavy atom. The Kier molecular flexibility index (Phi) is 7.28. The maximum Gasteiger partial charge on any atom is 0.223 e. The lowest BCUT2D eigenvalue weighted by Gasteiger charge is -2.23. The highest BCUT2D eigenvalue weighted by atomic mass is 35.5. The summed E-state index contributed by atoms with van der Waals surface area (Å²) in [6.07, 6.45) is 14.8. The van der Waals surface area contributed by atoms with Gasteiger partial charge in [0.2, 0.25) is 5.95 Å². The van der Waals surface area contributed by atoms with Gasteiger partial charge in [0.25, 0.3) is 0 Å². The Balaban J connectivity index is 1.87. The van der Waals surface area contributed by atoms with Crippen LogP contribution >= 0.6 is 11.6 Å². The molecule has 2 saturated carbocycles. The fraction of sp³-hybridized carbons (Fsp3) is 0.682. The zero-order valence-corrected chi connectivity index (χ0v) is 17.7. The summed E-state index contributed by atoms with van der Waals surface area (Å²) in [5.74, 6) is 1.51. The van der Waals surface area contributed by atoms with Crippen molar-refractivity contribution >= 4 is 29.3 Å². The third-order valence-corrected chi connectivity index (χ3v) is 6.01. The van der Waals surface area contributed by atoms with Crippen LogP contribution in [-0.2, 0) is 0 Å². The van der Waals surface area contributed by atoms with Gasteiger partial charge in [0.1, 0.15) is 0 Å². The molecule has 1 unspecified atom stereocenters. The second-order valence-corrected chi connectivity index (χ2v) is 8.65. The molecular weight excluding hydrogens is 356 g/mol. The minimum absolute atomic E-state index is 0.300. The highest BCUT2D eigenvalue weighted by Gasteiger charge is 2.23. The lowest BCUT2D eigenvalue weighted by Crippen LogP contribution is -2.23. The van der Waals surface area contributed by atoms with Gasteiger partial charge in [-0.05, 0) is 58.3 Å². The van der Waals surface area contributed by atoms with Crippen molar-refractivity contribution in [1.29, 1.82) is 0 Å². The summed E-state index contributed by atoms with van der Waals surface area (Å²) >= 11 is 6.53. The molecule has 1 heterocycles. The largest absolute Gasteiger partial charge is 0.351 e. The first-order valence-electron chi connectivity index (χ1n) is 10.6. The lowest BCUT2D eigenvalue weighted by atomic mass is 9.96. The first-order chi connectivity index (χ1) is 13.1. The summed E-state index contributed by atoms with van der Waals surface area (Å²) < 4.78 is 0. The van der Waals surface area contributed by atoms with Gasteiger partial charge in [-0.3, -0.25) is 4.99 Å². The highest BCUT2D eigenvalue weighted by Crippen LogP contribution is 2.37. The van der Waals surface area contributed by atoms with Gasteiger partial charge in [-0.1, -0.05) is 43.4 Å². The molecule has 2 aliphatic rings. The van der Waals surface area contributed by atoms with Crippen LogP contribution in [0.25, 0.3) is 5.57 Å². The summed E-state index contributed by atoms with van der Waals surface area (Å²) in [7, 11) is 0. The number of hydrogen-bond acceptors (Lipinski definition) is 4. The van der Waals surface area contributed by atoms with Crippen LogP contribution in [-0.4, -0.2) is 28.3 Å². The van der Waals surface area contributed by atoms with Crippen molar-refractivity contribution in [2.24, 2.45) is 10.9 Å². The topological polar surface area (TPSA) is 50.2 Å². The number of nitrogens with one attached hydrogen (secondary N) is 1. The lowest BCUT2D eigenvalue weighted by molar-refractivity contribution is 0.461. The molecular formula is C22H33ClN4. The van der Waals surface area contributed by atoms with Gasteiger partial charge in [-0.15, -0.1) is 0 Å². The molecule has 27 heavy (non-hydrogen) atoms. The van der Waals surface area contributed by atoms with E-state index in [0.29, 0.717) is 23.1 Å². The Labute approximate surface area is 168 Å². The van der Waals surface area contributed by atoms with E-state index < -0.39 is 0 Å². The van der Waals surface area contributed by atoms with E-state index in [1.807, 2.05) is 6.21 Å². The zero-order chi connectivity index (χ0) is 19.2. The fourth-order valence-electron chi connectivity index (χ4n) is 3.60. The Bertz CT molecular complexity index is 688. The van der Waals surface area contributed by atoms with E-state index in [4.69, 9.17) is 21.6 Å². The summed E-state index contributed by atoms with van der Waals surface area (Å²) in [4.78, 5) is 14.0. The van der Waals surface area contributed by atoms with Crippen molar-refractivity contribution in [2.75, 3.05) is 5.32 Å². The van der Waals surface area contributed by atoms with Gasteiger partial charge < -0.3 is 5.32 Å². The second kappa shape index (κ2) is 9.68. The van der Waals surface area contributed by atoms with Crippen LogP contribution in [0.5, 0.6) is 0 Å². The summed E-state index contributed by atoms with van der Waals surface area (Å²) in [6, 6.07) is 0.774. The van der Waals surface area contributed by atoms with Crippen LogP contribution < -0.4 is 5.32 Å². The van der Waals surface area contributed by atoms with E-state index in [0.717, 1.165) is 30.0 Å². The number of nitrogens with zero attached hydrogens (tertiary/aromatic N) is 3. The standard InChI is InChI=1S/C22H33ClN4/c1-4-16(3)24-13-19(15(2)12-17-10-11-17)21-20(23)14-25-22(27-21)26-18-8-6-5-7-9-18/h13-14,16-18H,4-12H2,1-3H3,(H,25,26,27)/b19-15-,24-13?. The van der Waals surface area contributed by atoms with Crippen molar-refractivity contribution in [3.63, 3.8) is 0 Å². The molecule has 0 spiro atoms. The third-order valence-electron chi connectivity index (χ3n) is 5.74. The molecule has 2 fully saturated rings. The van der Waals surface area contributed by atoms with E-state index in [9.17, 15) is 0 Å². The van der Waals surface area contributed by atoms with E-state index in [2.05, 4.69) is 31.1 Å². The molecule has 0 radical (unpaired) electrons. The van der Waals surface area contributed by atoms with Crippen LogP contribution in [0.4, 0.5) is 5.95 Å². The number of aliphatic imine (C=N–C) groups is 1. The molecule has 4 nitrogen and oxygen atoms in total. The van der Waals surface area contributed by atoms with Gasteiger partial charge in [-0.2, -0.15) is 0 Å². The average molecular weight is 389 g/mol. The van der Waals surface area contributed by atoms with Gasteiger partial charge in [0.05, 0.1) is 16.9 Å². The van der Waals surface area contributed by atoms with Crippen LogP contribution in [0, 0.1) is 5.92 Å². The second-order valence-electron chi connectivity index (χ2n) is 8.25. The van der Waals surface area contributed by atoms with E-state index in [1.54, 1.807) is 6.20 Å². The Morgan fingerprint density at radius 3 is 2.70 bits per heavy atom. The molecule has 1 aromatic rings. The van der Waals surface area contributed by atoms with E-state index in [-0.39, 0.29) is 0 Å². The molecule has 0 saturated heterocycles. The minimum Gasteiger partial charge on any atom is -0.351 e. The van der Waals surface area contributed by atoms with Gasteiger partial charge >= 0.3 is 0 Å². The number of aromatic nitrogens is 2. The first kappa shape index (κ1) is 20.3. The van der Waals surface area contributed by atoms with Crippen molar-refractivity contribution in [1.82, 2.24) is 9.97 Å². The van der Waals surface area contributed by atoms with Gasteiger partial charge in [-0.25, -0.2) is 9.97 Å². The maximum atomic E-state index is 6.53. The zero-order valence-electron chi connectivity index (χ0n) is 17.0. The monoisotopic (exact) mass is 388 g/mol. The number of rotatable bonds is 8. The minimum atomic E-state index is 0.300. The number of hydrogen-bond donors (Lipinski definition) is 1. The molecule has 1 aromatic heterocycles. The molecule has 3 rings (SSSR count). The van der Waals surface area contributed by atoms with Crippen LogP contribution in [0.15, 0.2) is 16.8 Å². The van der Waals surface area contributed by atoms with E-state index >= 15 is 0 Å². The number of halogens is 1. The molecule has 1 atom stereocenters. The molecule has 2 aliphatic carbocycles. The molecule has 5 heteroatoms. The third kappa shape index (κ3) is 6.03. The number of anilines is 1. The van der Waals surface area contributed by atoms with Crippen molar-refractivity contribution < 1.29 is 0 Å². The summed E-state index contributed by atoms with van der Waals surface area (Å²) in [5, 5.41) is 4.13. The number of allylic oxidation sites excluding steroid dienone is 2. The highest BCUT2D eigenvalue weighted by molar-refractivity contribution is 6.33. The quantitative estimate of drug-likeness (QED) is 0.530. The maximum absolute atomic E-state index is 6.53. The van der Waals surface area contributed by atoms with Gasteiger partial charge in [0, 0.05) is 23.9 Å². The summed E-state index contributed by atoms with van der Waals surface area (Å²) in [6.45, 7) is 6.50. The predicted octanol–water partition coefficient (Wildman–Crippen LogP) is 6.32. The molecule has 0 aromatic carbocycles. The molecule has 0 aliphatic heterocycles. The molecule has 148 valence electrons. The Morgan fingerprint density at radius 1 is 1.30 bits per heavy atom. The van der Waals surface area contributed by atoms with Crippen LogP contribution in [0.2, 0.25) is 5.02 Å². The molecule has 0 amide bonds. The average Bonchev–Trinajstić information content (AvgIpc) is 3.48. The van der Waals surface area contributed by atoms with E-state index in [1.165, 1.54) is 50.5 Å². The molecule has 0 bridgehead atoms. The van der Waals surface area contributed by atoms with Crippen LogP contribution in [0.1, 0.15) is 84.3 Å². The summed E-state index contributed by atoms with van der Waals surface area (Å²) in [5.41, 5.74) is 3.21. The SMILES string of the molecule is CCC(C)N=C/C(=C(\C)CC1CC1)c1nc(NC2CCCCC2)ncc1Cl. The normalized spacial score (nSPS) is 20.6. The van der Waals surface area contributed by atoms with Gasteiger partial charge in [0.15, 0.2) is 0 Å². The fourth-order valence-corrected chi connectivity index (χ4v) is 3.79. The van der Waals surface area contributed by atoms with Crippen molar-refractivity contribution in [3.8, 4) is 0 Å². The Hall–Kier alpha value is -1.42. The predicted molar refractivity (Wildman–Crippen MR) is 116 cm³/mol. The molecule has 1 N–H and O–H groups in total. The first-order valence-corrected chi connectivity index (χ1v) is 11.0. The van der Waals surface area contributed by atoms with Crippen LogP contribution in [0.3, 0.4) is 0 Å². The smallest absolute Gasteiger partial charge is 0.223 e. The van der Waals surface area contributed by atoms with Crippen molar-refractivity contribution in [3.05, 3.63) is 22.5 Å².